The predicted molar refractivity (Wildman–Crippen MR) is 79.0 cm³/mol. The quantitative estimate of drug-likeness (QED) is 0.390. The van der Waals surface area contributed by atoms with E-state index in [1.165, 1.54) is 7.05 Å². The number of aryl methyl sites for hydroxylation is 1. The number of guanidine groups is 1. The van der Waals surface area contributed by atoms with Crippen LogP contribution in [-0.2, 0) is 7.05 Å². The lowest BCUT2D eigenvalue weighted by atomic mass is 10.2. The molecule has 1 aromatic heterocycles. The zero-order chi connectivity index (χ0) is 13.5. The van der Waals surface area contributed by atoms with Gasteiger partial charge in [0.2, 0.25) is 0 Å². The topological polar surface area (TPSA) is 74.5 Å². The van der Waals surface area contributed by atoms with E-state index in [9.17, 15) is 13.9 Å². The third kappa shape index (κ3) is 6.66. The van der Waals surface area contributed by atoms with E-state index in [1.807, 2.05) is 0 Å². The molecule has 0 amide bonds. The van der Waals surface area contributed by atoms with Crippen molar-refractivity contribution in [2.24, 2.45) is 12.0 Å². The van der Waals surface area contributed by atoms with E-state index in [0.29, 0.717) is 5.56 Å². The van der Waals surface area contributed by atoms with Gasteiger partial charge in [0.05, 0.1) is 18.8 Å². The molecule has 0 spiro atoms. The summed E-state index contributed by atoms with van der Waals surface area (Å²) in [5.41, 5.74) is 0.648. The number of hydrogen-bond acceptors (Lipinski definition) is 3. The van der Waals surface area contributed by atoms with Gasteiger partial charge in [-0.2, -0.15) is 5.10 Å². The molecule has 1 aromatic rings. The van der Waals surface area contributed by atoms with Crippen molar-refractivity contribution in [3.63, 3.8) is 0 Å². The van der Waals surface area contributed by atoms with Gasteiger partial charge in [0.25, 0.3) is 6.43 Å². The minimum Gasteiger partial charge on any atom is -0.386 e. The fourth-order valence-corrected chi connectivity index (χ4v) is 1.32. The molecule has 1 heterocycles. The Morgan fingerprint density at radius 1 is 1.47 bits per heavy atom. The molecule has 0 bridgehead atoms. The summed E-state index contributed by atoms with van der Waals surface area (Å²) in [4.78, 5) is 3.76. The molecule has 1 atom stereocenters. The average molecular weight is 389 g/mol. The third-order valence-electron chi connectivity index (χ3n) is 2.22. The summed E-state index contributed by atoms with van der Waals surface area (Å²) in [6, 6.07) is 0. The second-order valence-corrected chi connectivity index (χ2v) is 3.69. The first-order chi connectivity index (χ1) is 8.52. The third-order valence-corrected chi connectivity index (χ3v) is 2.22. The molecule has 0 aliphatic heterocycles. The van der Waals surface area contributed by atoms with E-state index in [2.05, 4.69) is 20.7 Å². The van der Waals surface area contributed by atoms with Crippen LogP contribution < -0.4 is 10.6 Å². The highest BCUT2D eigenvalue weighted by atomic mass is 127. The molecule has 0 aromatic carbocycles. The first-order valence-corrected chi connectivity index (χ1v) is 5.42. The van der Waals surface area contributed by atoms with Gasteiger partial charge in [-0.1, -0.05) is 0 Å². The molecule has 0 saturated heterocycles. The van der Waals surface area contributed by atoms with Crippen molar-refractivity contribution in [1.82, 2.24) is 20.4 Å². The molecule has 0 saturated carbocycles. The minimum atomic E-state index is -2.45. The van der Waals surface area contributed by atoms with Crippen LogP contribution >= 0.6 is 24.0 Å². The summed E-state index contributed by atoms with van der Waals surface area (Å²) in [6.07, 6.45) is -0.000716. The Kier molecular flexibility index (Phi) is 8.56. The van der Waals surface area contributed by atoms with Crippen molar-refractivity contribution in [2.75, 3.05) is 20.1 Å². The SMILES string of the molecule is CN=C(NCC(F)F)NCC(O)c1cnn(C)c1.I. The number of nitrogens with zero attached hydrogens (tertiary/aromatic N) is 3. The van der Waals surface area contributed by atoms with Crippen LogP contribution in [0, 0.1) is 0 Å². The summed E-state index contributed by atoms with van der Waals surface area (Å²) in [5.74, 6) is 0.221. The fraction of sp³-hybridized carbons (Fsp3) is 0.600. The molecule has 3 N–H and O–H groups in total. The summed E-state index contributed by atoms with van der Waals surface area (Å²) in [5, 5.41) is 18.9. The molecule has 1 rings (SSSR count). The molecule has 9 heteroatoms. The van der Waals surface area contributed by atoms with Gasteiger partial charge in [-0.25, -0.2) is 8.78 Å². The van der Waals surface area contributed by atoms with Crippen LogP contribution in [0.1, 0.15) is 11.7 Å². The van der Waals surface area contributed by atoms with E-state index in [4.69, 9.17) is 0 Å². The number of halogens is 3. The lowest BCUT2D eigenvalue weighted by Crippen LogP contribution is -2.41. The Labute approximate surface area is 127 Å². The van der Waals surface area contributed by atoms with E-state index >= 15 is 0 Å². The molecule has 1 unspecified atom stereocenters. The van der Waals surface area contributed by atoms with Gasteiger partial charge in [-0.05, 0) is 0 Å². The first kappa shape index (κ1) is 18.0. The number of aromatic nitrogens is 2. The van der Waals surface area contributed by atoms with Gasteiger partial charge in [-0.3, -0.25) is 9.67 Å². The lowest BCUT2D eigenvalue weighted by molar-refractivity contribution is 0.151. The first-order valence-electron chi connectivity index (χ1n) is 5.42. The Balaban J connectivity index is 0.00000324. The largest absolute Gasteiger partial charge is 0.386 e. The molecule has 19 heavy (non-hydrogen) atoms. The van der Waals surface area contributed by atoms with Crippen LogP contribution in [0.2, 0.25) is 0 Å². The Morgan fingerprint density at radius 2 is 2.11 bits per heavy atom. The number of alkyl halides is 2. The zero-order valence-electron chi connectivity index (χ0n) is 10.7. The van der Waals surface area contributed by atoms with Crippen molar-refractivity contribution in [1.29, 1.82) is 0 Å². The second kappa shape index (κ2) is 9.02. The Hall–Kier alpha value is -0.970. The normalized spacial score (nSPS) is 13.1. The number of hydrogen-bond donors (Lipinski definition) is 3. The minimum absolute atomic E-state index is 0. The van der Waals surface area contributed by atoms with Crippen molar-refractivity contribution in [3.8, 4) is 0 Å². The van der Waals surface area contributed by atoms with Crippen LogP contribution in [-0.4, -0.2) is 47.4 Å². The summed E-state index contributed by atoms with van der Waals surface area (Å²) in [7, 11) is 3.21. The Morgan fingerprint density at radius 3 is 2.58 bits per heavy atom. The van der Waals surface area contributed by atoms with Gasteiger partial charge >= 0.3 is 0 Å². The van der Waals surface area contributed by atoms with E-state index < -0.39 is 19.1 Å². The number of nitrogens with one attached hydrogen (secondary N) is 2. The van der Waals surface area contributed by atoms with Gasteiger partial charge in [0.15, 0.2) is 5.96 Å². The van der Waals surface area contributed by atoms with Gasteiger partial charge in [0, 0.05) is 32.4 Å². The Bertz CT molecular complexity index is 399. The standard InChI is InChI=1S/C10H17F2N5O.HI/c1-13-10(15-5-9(11)12)14-4-8(18)7-3-16-17(2)6-7;/h3,6,8-9,18H,4-5H2,1-2H3,(H2,13,14,15);1H. The zero-order valence-corrected chi connectivity index (χ0v) is 13.0. The molecule has 0 fully saturated rings. The van der Waals surface area contributed by atoms with Gasteiger partial charge in [0.1, 0.15) is 0 Å². The number of aliphatic hydroxyl groups excluding tert-OH is 1. The van der Waals surface area contributed by atoms with Crippen LogP contribution in [0.4, 0.5) is 8.78 Å². The van der Waals surface area contributed by atoms with Crippen molar-refractivity contribution >= 4 is 29.9 Å². The fourth-order valence-electron chi connectivity index (χ4n) is 1.32. The highest BCUT2D eigenvalue weighted by molar-refractivity contribution is 14.0. The lowest BCUT2D eigenvalue weighted by Gasteiger charge is -2.14. The maximum Gasteiger partial charge on any atom is 0.255 e. The average Bonchev–Trinajstić information content (AvgIpc) is 2.75. The van der Waals surface area contributed by atoms with Crippen LogP contribution in [0.15, 0.2) is 17.4 Å². The van der Waals surface area contributed by atoms with Crippen LogP contribution in [0.5, 0.6) is 0 Å². The number of aliphatic imine (C=N–C) groups is 1. The van der Waals surface area contributed by atoms with Crippen molar-refractivity contribution in [3.05, 3.63) is 18.0 Å². The van der Waals surface area contributed by atoms with E-state index in [0.717, 1.165) is 0 Å². The van der Waals surface area contributed by atoms with Crippen molar-refractivity contribution in [2.45, 2.75) is 12.5 Å². The molecule has 0 aliphatic carbocycles. The summed E-state index contributed by atoms with van der Waals surface area (Å²) < 4.78 is 25.6. The number of aliphatic hydroxyl groups is 1. The van der Waals surface area contributed by atoms with Gasteiger partial charge in [-0.15, -0.1) is 24.0 Å². The molecular weight excluding hydrogens is 371 g/mol. The van der Waals surface area contributed by atoms with Crippen LogP contribution in [0.3, 0.4) is 0 Å². The highest BCUT2D eigenvalue weighted by Crippen LogP contribution is 2.09. The molecule has 110 valence electrons. The van der Waals surface area contributed by atoms with Gasteiger partial charge < -0.3 is 15.7 Å². The van der Waals surface area contributed by atoms with Crippen LogP contribution in [0.25, 0.3) is 0 Å². The summed E-state index contributed by atoms with van der Waals surface area (Å²) in [6.45, 7) is -0.322. The smallest absolute Gasteiger partial charge is 0.255 e. The highest BCUT2D eigenvalue weighted by Gasteiger charge is 2.11. The summed E-state index contributed by atoms with van der Waals surface area (Å²) >= 11 is 0. The predicted octanol–water partition coefficient (Wildman–Crippen LogP) is 0.502. The molecular formula is C10H18F2IN5O. The molecule has 6 nitrogen and oxygen atoms in total. The number of rotatable bonds is 5. The monoisotopic (exact) mass is 389 g/mol. The maximum absolute atomic E-state index is 12.0. The van der Waals surface area contributed by atoms with E-state index in [-0.39, 0.29) is 36.5 Å². The van der Waals surface area contributed by atoms with Crippen molar-refractivity contribution < 1.29 is 13.9 Å². The van der Waals surface area contributed by atoms with E-state index in [1.54, 1.807) is 24.1 Å². The second-order valence-electron chi connectivity index (χ2n) is 3.69. The maximum atomic E-state index is 12.0. The molecule has 0 radical (unpaired) electrons. The molecule has 0 aliphatic rings.